The topological polar surface area (TPSA) is 58.2 Å². The van der Waals surface area contributed by atoms with Crippen LogP contribution >= 0.6 is 11.6 Å². The van der Waals surface area contributed by atoms with Crippen molar-refractivity contribution < 1.29 is 9.59 Å². The molecule has 1 rings (SSSR count). The van der Waals surface area contributed by atoms with E-state index in [-0.39, 0.29) is 23.9 Å². The van der Waals surface area contributed by atoms with E-state index in [4.69, 9.17) is 11.6 Å². The molecule has 0 aliphatic carbocycles. The van der Waals surface area contributed by atoms with Crippen LogP contribution in [-0.2, 0) is 4.79 Å². The summed E-state index contributed by atoms with van der Waals surface area (Å²) in [6, 6.07) is 6.70. The summed E-state index contributed by atoms with van der Waals surface area (Å²) in [5.41, 5.74) is 0.0503. The normalized spacial score (nSPS) is 10.9. The average Bonchev–Trinajstić information content (AvgIpc) is 2.24. The van der Waals surface area contributed by atoms with Gasteiger partial charge in [-0.2, -0.15) is 0 Å². The van der Waals surface area contributed by atoms with Crippen LogP contribution in [0.25, 0.3) is 0 Å². The fourth-order valence-corrected chi connectivity index (χ4v) is 1.59. The van der Waals surface area contributed by atoms with Crippen molar-refractivity contribution in [3.8, 4) is 0 Å². The van der Waals surface area contributed by atoms with Crippen LogP contribution in [0.2, 0.25) is 5.02 Å². The molecular formula is C13H17ClN2O2. The average molecular weight is 269 g/mol. The molecule has 18 heavy (non-hydrogen) atoms. The lowest BCUT2D eigenvalue weighted by molar-refractivity contribution is -0.121. The van der Waals surface area contributed by atoms with E-state index >= 15 is 0 Å². The first-order chi connectivity index (χ1) is 8.29. The van der Waals surface area contributed by atoms with Gasteiger partial charge < -0.3 is 10.6 Å². The Morgan fingerprint density at radius 2 is 1.83 bits per heavy atom. The molecule has 0 saturated heterocycles. The molecule has 1 aromatic rings. The van der Waals surface area contributed by atoms with E-state index in [1.54, 1.807) is 24.3 Å². The third-order valence-electron chi connectivity index (χ3n) is 2.04. The molecule has 0 saturated carbocycles. The van der Waals surface area contributed by atoms with Gasteiger partial charge in [-0.05, 0) is 32.9 Å². The van der Waals surface area contributed by atoms with E-state index in [0.717, 1.165) is 0 Å². The summed E-state index contributed by atoms with van der Waals surface area (Å²) in [7, 11) is 0. The molecule has 0 bridgehead atoms. The van der Waals surface area contributed by atoms with Gasteiger partial charge in [0, 0.05) is 5.54 Å². The molecule has 0 fully saturated rings. The lowest BCUT2D eigenvalue weighted by atomic mass is 10.1. The Bertz CT molecular complexity index is 453. The predicted octanol–water partition coefficient (Wildman–Crippen LogP) is 1.98. The van der Waals surface area contributed by atoms with Gasteiger partial charge >= 0.3 is 0 Å². The molecule has 0 aliphatic heterocycles. The lowest BCUT2D eigenvalue weighted by Crippen LogP contribution is -2.45. The molecular weight excluding hydrogens is 252 g/mol. The minimum Gasteiger partial charge on any atom is -0.350 e. The minimum atomic E-state index is -0.357. The van der Waals surface area contributed by atoms with Gasteiger partial charge in [0.2, 0.25) is 5.91 Å². The van der Waals surface area contributed by atoms with E-state index in [0.29, 0.717) is 10.6 Å². The number of halogens is 1. The smallest absolute Gasteiger partial charge is 0.253 e. The highest BCUT2D eigenvalue weighted by Gasteiger charge is 2.15. The second-order valence-electron chi connectivity index (χ2n) is 4.96. The van der Waals surface area contributed by atoms with E-state index in [1.165, 1.54) is 0 Å². The highest BCUT2D eigenvalue weighted by Crippen LogP contribution is 2.14. The standard InChI is InChI=1S/C13H17ClN2O2/c1-13(2,3)16-11(17)8-15-12(18)9-6-4-5-7-10(9)14/h4-7H,8H2,1-3H3,(H,15,18)(H,16,17). The first-order valence-corrected chi connectivity index (χ1v) is 6.01. The van der Waals surface area contributed by atoms with Crippen LogP contribution in [0.1, 0.15) is 31.1 Å². The quantitative estimate of drug-likeness (QED) is 0.881. The highest BCUT2D eigenvalue weighted by atomic mass is 35.5. The second kappa shape index (κ2) is 5.87. The second-order valence-corrected chi connectivity index (χ2v) is 5.37. The summed E-state index contributed by atoms with van der Waals surface area (Å²) in [5, 5.41) is 5.65. The van der Waals surface area contributed by atoms with Crippen molar-refractivity contribution in [2.24, 2.45) is 0 Å². The van der Waals surface area contributed by atoms with Crippen LogP contribution < -0.4 is 10.6 Å². The molecule has 0 heterocycles. The maximum Gasteiger partial charge on any atom is 0.253 e. The molecule has 2 N–H and O–H groups in total. The Balaban J connectivity index is 2.52. The summed E-state index contributed by atoms with van der Waals surface area (Å²) < 4.78 is 0. The monoisotopic (exact) mass is 268 g/mol. The molecule has 0 radical (unpaired) electrons. The fourth-order valence-electron chi connectivity index (χ4n) is 1.36. The van der Waals surface area contributed by atoms with E-state index in [9.17, 15) is 9.59 Å². The molecule has 1 aromatic carbocycles. The third-order valence-corrected chi connectivity index (χ3v) is 2.37. The van der Waals surface area contributed by atoms with Crippen molar-refractivity contribution in [3.05, 3.63) is 34.9 Å². The largest absolute Gasteiger partial charge is 0.350 e. The van der Waals surface area contributed by atoms with Crippen molar-refractivity contribution in [1.29, 1.82) is 0 Å². The number of amides is 2. The van der Waals surface area contributed by atoms with Crippen LogP contribution in [0.3, 0.4) is 0 Å². The van der Waals surface area contributed by atoms with Gasteiger partial charge in [0.05, 0.1) is 17.1 Å². The molecule has 4 nitrogen and oxygen atoms in total. The number of carbonyl (C=O) groups excluding carboxylic acids is 2. The van der Waals surface area contributed by atoms with Gasteiger partial charge in [0.1, 0.15) is 0 Å². The van der Waals surface area contributed by atoms with Crippen molar-refractivity contribution in [2.75, 3.05) is 6.54 Å². The zero-order valence-corrected chi connectivity index (χ0v) is 11.5. The number of benzene rings is 1. The SMILES string of the molecule is CC(C)(C)NC(=O)CNC(=O)c1ccccc1Cl. The van der Waals surface area contributed by atoms with Gasteiger partial charge in [0.15, 0.2) is 0 Å². The van der Waals surface area contributed by atoms with Crippen molar-refractivity contribution >= 4 is 23.4 Å². The number of nitrogens with one attached hydrogen (secondary N) is 2. The summed E-state index contributed by atoms with van der Waals surface area (Å²) in [5.74, 6) is -0.590. The Labute approximate surface area is 112 Å². The van der Waals surface area contributed by atoms with Gasteiger partial charge in [-0.25, -0.2) is 0 Å². The summed E-state index contributed by atoms with van der Waals surface area (Å²) in [6.45, 7) is 5.56. The van der Waals surface area contributed by atoms with E-state index in [2.05, 4.69) is 10.6 Å². The number of carbonyl (C=O) groups is 2. The molecule has 2 amide bonds. The summed E-state index contributed by atoms with van der Waals surface area (Å²) in [6.07, 6.45) is 0. The zero-order valence-electron chi connectivity index (χ0n) is 10.7. The van der Waals surface area contributed by atoms with Gasteiger partial charge in [-0.1, -0.05) is 23.7 Å². The van der Waals surface area contributed by atoms with Crippen LogP contribution in [-0.4, -0.2) is 23.9 Å². The van der Waals surface area contributed by atoms with Crippen molar-refractivity contribution in [2.45, 2.75) is 26.3 Å². The van der Waals surface area contributed by atoms with Crippen molar-refractivity contribution in [1.82, 2.24) is 10.6 Å². The Hall–Kier alpha value is -1.55. The van der Waals surface area contributed by atoms with Gasteiger partial charge in [-0.15, -0.1) is 0 Å². The molecule has 98 valence electrons. The highest BCUT2D eigenvalue weighted by molar-refractivity contribution is 6.33. The van der Waals surface area contributed by atoms with Crippen LogP contribution in [0.5, 0.6) is 0 Å². The lowest BCUT2D eigenvalue weighted by Gasteiger charge is -2.20. The predicted molar refractivity (Wildman–Crippen MR) is 71.7 cm³/mol. The Morgan fingerprint density at radius 1 is 1.22 bits per heavy atom. The molecule has 0 spiro atoms. The van der Waals surface area contributed by atoms with Crippen LogP contribution in [0.4, 0.5) is 0 Å². The minimum absolute atomic E-state index is 0.0681. The maximum absolute atomic E-state index is 11.8. The maximum atomic E-state index is 11.8. The van der Waals surface area contributed by atoms with Gasteiger partial charge in [-0.3, -0.25) is 9.59 Å². The summed E-state index contributed by atoms with van der Waals surface area (Å²) in [4.78, 5) is 23.3. The first kappa shape index (κ1) is 14.5. The molecule has 0 aromatic heterocycles. The number of rotatable bonds is 3. The van der Waals surface area contributed by atoms with Crippen LogP contribution in [0.15, 0.2) is 24.3 Å². The van der Waals surface area contributed by atoms with E-state index in [1.807, 2.05) is 20.8 Å². The van der Waals surface area contributed by atoms with Crippen molar-refractivity contribution in [3.63, 3.8) is 0 Å². The third kappa shape index (κ3) is 4.75. The van der Waals surface area contributed by atoms with E-state index < -0.39 is 0 Å². The van der Waals surface area contributed by atoms with Crippen LogP contribution in [0, 0.1) is 0 Å². The van der Waals surface area contributed by atoms with Gasteiger partial charge in [0.25, 0.3) is 5.91 Å². The Morgan fingerprint density at radius 3 is 2.39 bits per heavy atom. The molecule has 0 aliphatic rings. The Kier molecular flexibility index (Phi) is 4.73. The summed E-state index contributed by atoms with van der Waals surface area (Å²) >= 11 is 5.88. The molecule has 0 unspecified atom stereocenters. The zero-order chi connectivity index (χ0) is 13.8. The number of hydrogen-bond donors (Lipinski definition) is 2. The molecule has 0 atom stereocenters. The first-order valence-electron chi connectivity index (χ1n) is 5.63. The molecule has 5 heteroatoms. The fraction of sp³-hybridized carbons (Fsp3) is 0.385. The number of hydrogen-bond acceptors (Lipinski definition) is 2.